The van der Waals surface area contributed by atoms with Crippen molar-refractivity contribution in [1.29, 1.82) is 0 Å². The average molecular weight is 465 g/mol. The second-order valence-electron chi connectivity index (χ2n) is 7.27. The molecule has 1 saturated heterocycles. The third kappa shape index (κ3) is 6.16. The number of rotatable bonds is 5. The van der Waals surface area contributed by atoms with E-state index in [0.29, 0.717) is 23.0 Å². The number of hydrogen-bond donors (Lipinski definition) is 2. The molecule has 1 aliphatic rings. The van der Waals surface area contributed by atoms with Gasteiger partial charge in [0.1, 0.15) is 5.75 Å². The fourth-order valence-electron chi connectivity index (χ4n) is 3.29. The molecule has 0 bridgehead atoms. The number of aryl methyl sites for hydroxylation is 2. The molecular formula is C21H26Cl2N6O2. The Labute approximate surface area is 193 Å². The Balaban J connectivity index is 0.00000171. The molecule has 0 saturated carbocycles. The first-order valence-electron chi connectivity index (χ1n) is 9.73. The lowest BCUT2D eigenvalue weighted by Gasteiger charge is -2.22. The number of piperidine rings is 1. The molecular weight excluding hydrogens is 439 g/mol. The summed E-state index contributed by atoms with van der Waals surface area (Å²) < 4.78 is 7.70. The van der Waals surface area contributed by atoms with Crippen molar-refractivity contribution >= 4 is 36.4 Å². The van der Waals surface area contributed by atoms with Gasteiger partial charge in [0.05, 0.1) is 12.2 Å². The molecule has 1 aromatic carbocycles. The predicted octanol–water partition coefficient (Wildman–Crippen LogP) is 4.10. The number of carbonyl (C=O) groups excluding carboxylic acids is 1. The van der Waals surface area contributed by atoms with Crippen molar-refractivity contribution in [1.82, 2.24) is 25.3 Å². The van der Waals surface area contributed by atoms with E-state index in [1.165, 1.54) is 0 Å². The summed E-state index contributed by atoms with van der Waals surface area (Å²) in [7, 11) is 0. The second kappa shape index (κ2) is 11.1. The molecule has 0 radical (unpaired) electrons. The first kappa shape index (κ1) is 24.6. The standard InChI is InChI=1S/C21H24N6O2.2ClH/c1-14-5-10-23-20(11-14)29-19-12-16(4-3-15(19)2)24-21(28)18-13-27(26-25-18)17-6-8-22-9-7-17;;/h3-5,10-13,17,22H,6-9H2,1-2H3,(H,24,28);2*1H. The summed E-state index contributed by atoms with van der Waals surface area (Å²) >= 11 is 0. The van der Waals surface area contributed by atoms with Crippen molar-refractivity contribution in [3.63, 3.8) is 0 Å². The highest BCUT2D eigenvalue weighted by Gasteiger charge is 2.19. The van der Waals surface area contributed by atoms with E-state index in [1.54, 1.807) is 23.1 Å². The number of nitrogens with one attached hydrogen (secondary N) is 2. The van der Waals surface area contributed by atoms with Crippen LogP contribution in [0.15, 0.2) is 42.7 Å². The van der Waals surface area contributed by atoms with Crippen LogP contribution in [0, 0.1) is 13.8 Å². The fraction of sp³-hybridized carbons (Fsp3) is 0.333. The topological polar surface area (TPSA) is 94.0 Å². The summed E-state index contributed by atoms with van der Waals surface area (Å²) in [6.45, 7) is 5.83. The van der Waals surface area contributed by atoms with Gasteiger partial charge >= 0.3 is 0 Å². The van der Waals surface area contributed by atoms with Crippen molar-refractivity contribution in [2.45, 2.75) is 32.7 Å². The largest absolute Gasteiger partial charge is 0.439 e. The van der Waals surface area contributed by atoms with Crippen LogP contribution in [0.4, 0.5) is 5.69 Å². The number of benzene rings is 1. The van der Waals surface area contributed by atoms with Crippen LogP contribution in [0.1, 0.15) is 40.5 Å². The maximum Gasteiger partial charge on any atom is 0.277 e. The van der Waals surface area contributed by atoms with Gasteiger partial charge in [-0.15, -0.1) is 29.9 Å². The molecule has 2 aromatic heterocycles. The number of pyridine rings is 1. The molecule has 0 aliphatic carbocycles. The van der Waals surface area contributed by atoms with Crippen LogP contribution >= 0.6 is 24.8 Å². The van der Waals surface area contributed by atoms with Crippen LogP contribution in [-0.2, 0) is 0 Å². The van der Waals surface area contributed by atoms with Gasteiger partial charge in [0, 0.05) is 24.0 Å². The smallest absolute Gasteiger partial charge is 0.277 e. The van der Waals surface area contributed by atoms with Gasteiger partial charge in [0.15, 0.2) is 5.69 Å². The number of aromatic nitrogens is 4. The van der Waals surface area contributed by atoms with Gasteiger partial charge in [-0.1, -0.05) is 11.3 Å². The Bertz CT molecular complexity index is 1020. The van der Waals surface area contributed by atoms with Crippen LogP contribution in [0.25, 0.3) is 0 Å². The molecule has 31 heavy (non-hydrogen) atoms. The minimum Gasteiger partial charge on any atom is -0.439 e. The van der Waals surface area contributed by atoms with Gasteiger partial charge in [-0.05, 0) is 63.0 Å². The lowest BCUT2D eigenvalue weighted by Crippen LogP contribution is -2.29. The van der Waals surface area contributed by atoms with Crippen molar-refractivity contribution in [2.75, 3.05) is 18.4 Å². The Morgan fingerprint density at radius 1 is 1.16 bits per heavy atom. The monoisotopic (exact) mass is 464 g/mol. The number of halogens is 2. The molecule has 0 unspecified atom stereocenters. The Morgan fingerprint density at radius 2 is 1.94 bits per heavy atom. The van der Waals surface area contributed by atoms with Gasteiger partial charge in [-0.3, -0.25) is 4.79 Å². The van der Waals surface area contributed by atoms with Crippen LogP contribution in [0.3, 0.4) is 0 Å². The van der Waals surface area contributed by atoms with E-state index < -0.39 is 0 Å². The summed E-state index contributed by atoms with van der Waals surface area (Å²) in [5.74, 6) is 0.856. The average Bonchev–Trinajstić information content (AvgIpc) is 3.22. The normalized spacial score (nSPS) is 13.6. The van der Waals surface area contributed by atoms with E-state index in [4.69, 9.17) is 4.74 Å². The van der Waals surface area contributed by atoms with E-state index in [-0.39, 0.29) is 36.8 Å². The summed E-state index contributed by atoms with van der Waals surface area (Å²) in [6, 6.07) is 9.57. The Kier molecular flexibility index (Phi) is 8.79. The van der Waals surface area contributed by atoms with Gasteiger partial charge in [-0.2, -0.15) is 0 Å². The predicted molar refractivity (Wildman–Crippen MR) is 124 cm³/mol. The molecule has 0 spiro atoms. The molecule has 10 heteroatoms. The number of carbonyl (C=O) groups is 1. The van der Waals surface area contributed by atoms with E-state index in [9.17, 15) is 4.79 Å². The highest BCUT2D eigenvalue weighted by atomic mass is 35.5. The second-order valence-corrected chi connectivity index (χ2v) is 7.27. The lowest BCUT2D eigenvalue weighted by atomic mass is 10.1. The molecule has 0 atom stereocenters. The Morgan fingerprint density at radius 3 is 2.68 bits per heavy atom. The zero-order valence-electron chi connectivity index (χ0n) is 17.4. The van der Waals surface area contributed by atoms with Crippen molar-refractivity contribution in [2.24, 2.45) is 0 Å². The number of anilines is 1. The van der Waals surface area contributed by atoms with Gasteiger partial charge in [-0.25, -0.2) is 9.67 Å². The minimum absolute atomic E-state index is 0. The number of hydrogen-bond acceptors (Lipinski definition) is 6. The molecule has 166 valence electrons. The minimum atomic E-state index is -0.298. The first-order valence-corrected chi connectivity index (χ1v) is 9.73. The molecule has 1 fully saturated rings. The summed E-state index contributed by atoms with van der Waals surface area (Å²) in [5, 5.41) is 14.4. The molecule has 1 aliphatic heterocycles. The summed E-state index contributed by atoms with van der Waals surface area (Å²) in [5.41, 5.74) is 2.93. The number of amides is 1. The van der Waals surface area contributed by atoms with Crippen LogP contribution < -0.4 is 15.4 Å². The maximum absolute atomic E-state index is 12.6. The first-order chi connectivity index (χ1) is 14.1. The third-order valence-electron chi connectivity index (χ3n) is 4.98. The number of ether oxygens (including phenoxy) is 1. The van der Waals surface area contributed by atoms with E-state index in [0.717, 1.165) is 37.1 Å². The third-order valence-corrected chi connectivity index (χ3v) is 4.98. The van der Waals surface area contributed by atoms with E-state index in [1.807, 2.05) is 38.1 Å². The van der Waals surface area contributed by atoms with Gasteiger partial charge in [0.2, 0.25) is 5.88 Å². The molecule has 3 aromatic rings. The molecule has 8 nitrogen and oxygen atoms in total. The maximum atomic E-state index is 12.6. The van der Waals surface area contributed by atoms with E-state index >= 15 is 0 Å². The molecule has 2 N–H and O–H groups in total. The van der Waals surface area contributed by atoms with Crippen molar-refractivity contribution in [3.8, 4) is 11.6 Å². The van der Waals surface area contributed by atoms with Gasteiger partial charge < -0.3 is 15.4 Å². The van der Waals surface area contributed by atoms with Crippen molar-refractivity contribution in [3.05, 3.63) is 59.5 Å². The zero-order chi connectivity index (χ0) is 20.2. The molecule has 4 rings (SSSR count). The van der Waals surface area contributed by atoms with Crippen LogP contribution in [0.2, 0.25) is 0 Å². The highest BCUT2D eigenvalue weighted by molar-refractivity contribution is 6.02. The number of nitrogens with zero attached hydrogens (tertiary/aromatic N) is 4. The Hall–Kier alpha value is -2.68. The lowest BCUT2D eigenvalue weighted by molar-refractivity contribution is 0.102. The quantitative estimate of drug-likeness (QED) is 0.589. The van der Waals surface area contributed by atoms with Gasteiger partial charge in [0.25, 0.3) is 5.91 Å². The summed E-state index contributed by atoms with van der Waals surface area (Å²) in [4.78, 5) is 16.8. The highest BCUT2D eigenvalue weighted by Crippen LogP contribution is 2.27. The SMILES string of the molecule is Cc1ccnc(Oc2cc(NC(=O)c3cn(C4CCNCC4)nn3)ccc2C)c1.Cl.Cl. The van der Waals surface area contributed by atoms with E-state index in [2.05, 4.69) is 25.9 Å². The summed E-state index contributed by atoms with van der Waals surface area (Å²) in [6.07, 6.45) is 5.39. The zero-order valence-corrected chi connectivity index (χ0v) is 19.0. The molecule has 1 amide bonds. The van der Waals surface area contributed by atoms with Crippen molar-refractivity contribution < 1.29 is 9.53 Å². The molecule has 3 heterocycles. The fourth-order valence-corrected chi connectivity index (χ4v) is 3.29. The van der Waals surface area contributed by atoms with Crippen LogP contribution in [-0.4, -0.2) is 39.0 Å². The van der Waals surface area contributed by atoms with Crippen LogP contribution in [0.5, 0.6) is 11.6 Å².